The van der Waals surface area contributed by atoms with Gasteiger partial charge in [-0.3, -0.25) is 4.79 Å². The van der Waals surface area contributed by atoms with E-state index in [0.29, 0.717) is 13.1 Å². The Morgan fingerprint density at radius 2 is 1.80 bits per heavy atom. The van der Waals surface area contributed by atoms with Gasteiger partial charge in [-0.15, -0.1) is 12.4 Å². The first-order valence-electron chi connectivity index (χ1n) is 8.05. The minimum absolute atomic E-state index is 0. The molecule has 1 atom stereocenters. The lowest BCUT2D eigenvalue weighted by molar-refractivity contribution is -0.123. The molecule has 0 fully saturated rings. The summed E-state index contributed by atoms with van der Waals surface area (Å²) < 4.78 is 40.7. The summed E-state index contributed by atoms with van der Waals surface area (Å²) in [6.45, 7) is 7.34. The maximum atomic E-state index is 13.7. The Morgan fingerprint density at radius 3 is 2.36 bits per heavy atom. The molecule has 0 saturated heterocycles. The van der Waals surface area contributed by atoms with Gasteiger partial charge < -0.3 is 10.6 Å². The molecule has 0 aliphatic heterocycles. The molecule has 0 bridgehead atoms. The van der Waals surface area contributed by atoms with Crippen molar-refractivity contribution in [3.05, 3.63) is 30.1 Å². The fourth-order valence-electron chi connectivity index (χ4n) is 2.07. The zero-order valence-corrected chi connectivity index (χ0v) is 16.3. The summed E-state index contributed by atoms with van der Waals surface area (Å²) in [6.07, 6.45) is 0.991. The van der Waals surface area contributed by atoms with E-state index in [1.54, 1.807) is 13.8 Å². The van der Waals surface area contributed by atoms with Crippen LogP contribution in [0.25, 0.3) is 0 Å². The van der Waals surface area contributed by atoms with E-state index in [0.717, 1.165) is 19.0 Å². The molecular formula is C16H27ClFN3O3S. The van der Waals surface area contributed by atoms with Crippen LogP contribution in [0.15, 0.2) is 29.2 Å². The van der Waals surface area contributed by atoms with E-state index in [1.165, 1.54) is 18.2 Å². The van der Waals surface area contributed by atoms with E-state index in [9.17, 15) is 17.6 Å². The van der Waals surface area contributed by atoms with Crippen molar-refractivity contribution in [2.45, 2.75) is 38.1 Å². The Labute approximate surface area is 155 Å². The number of hydrogen-bond acceptors (Lipinski definition) is 4. The third-order valence-corrected chi connectivity index (χ3v) is 4.86. The molecule has 144 valence electrons. The Morgan fingerprint density at radius 1 is 1.16 bits per heavy atom. The van der Waals surface area contributed by atoms with Crippen LogP contribution in [-0.2, 0) is 14.8 Å². The second-order valence-electron chi connectivity index (χ2n) is 5.81. The van der Waals surface area contributed by atoms with Gasteiger partial charge >= 0.3 is 0 Å². The fourth-order valence-corrected chi connectivity index (χ4v) is 3.49. The van der Waals surface area contributed by atoms with E-state index in [-0.39, 0.29) is 18.3 Å². The molecule has 0 radical (unpaired) electrons. The Balaban J connectivity index is 0.00000576. The summed E-state index contributed by atoms with van der Waals surface area (Å²) in [5.41, 5.74) is 0. The largest absolute Gasteiger partial charge is 0.353 e. The number of carbonyl (C=O) groups is 1. The number of carbonyl (C=O) groups excluding carboxylic acids is 1. The number of sulfonamides is 1. The van der Waals surface area contributed by atoms with Crippen LogP contribution < -0.4 is 15.4 Å². The van der Waals surface area contributed by atoms with Crippen LogP contribution in [0.4, 0.5) is 4.39 Å². The monoisotopic (exact) mass is 395 g/mol. The lowest BCUT2D eigenvalue weighted by Crippen LogP contribution is -2.50. The molecule has 0 aromatic heterocycles. The Hall–Kier alpha value is -1.22. The third kappa shape index (κ3) is 7.68. The van der Waals surface area contributed by atoms with Crippen LogP contribution in [0.3, 0.4) is 0 Å². The zero-order valence-electron chi connectivity index (χ0n) is 14.7. The van der Waals surface area contributed by atoms with Crippen molar-refractivity contribution in [2.24, 2.45) is 5.92 Å². The van der Waals surface area contributed by atoms with Crippen molar-refractivity contribution in [2.75, 3.05) is 19.6 Å². The van der Waals surface area contributed by atoms with Gasteiger partial charge in [0.05, 0.1) is 0 Å². The van der Waals surface area contributed by atoms with Crippen molar-refractivity contribution in [3.63, 3.8) is 0 Å². The summed E-state index contributed by atoms with van der Waals surface area (Å²) in [7, 11) is -4.12. The predicted molar refractivity (Wildman–Crippen MR) is 98.8 cm³/mol. The molecule has 0 spiro atoms. The molecule has 0 aliphatic rings. The molecule has 1 unspecified atom stereocenters. The maximum absolute atomic E-state index is 13.7. The number of rotatable bonds is 10. The number of halogens is 2. The van der Waals surface area contributed by atoms with Crippen LogP contribution in [0, 0.1) is 11.7 Å². The standard InChI is InChI=1S/C16H26FN3O3S.ClH/c1-4-9-18-10-11-19-16(21)15(12(2)3)20-24(22,23)14-8-6-5-7-13(14)17;/h5-8,12,15,18,20H,4,9-11H2,1-3H3,(H,19,21);1H. The van der Waals surface area contributed by atoms with Crippen molar-refractivity contribution < 1.29 is 17.6 Å². The quantitative estimate of drug-likeness (QED) is 0.526. The number of nitrogens with one attached hydrogen (secondary N) is 3. The van der Waals surface area contributed by atoms with Crippen LogP contribution in [0.5, 0.6) is 0 Å². The summed E-state index contributed by atoms with van der Waals surface area (Å²) >= 11 is 0. The van der Waals surface area contributed by atoms with Crippen molar-refractivity contribution in [3.8, 4) is 0 Å². The van der Waals surface area contributed by atoms with Gasteiger partial charge in [0.25, 0.3) is 0 Å². The average molecular weight is 396 g/mol. The topological polar surface area (TPSA) is 87.3 Å². The third-order valence-electron chi connectivity index (χ3n) is 3.39. The smallest absolute Gasteiger partial charge is 0.244 e. The molecule has 9 heteroatoms. The number of amides is 1. The second-order valence-corrected chi connectivity index (χ2v) is 7.50. The van der Waals surface area contributed by atoms with E-state index >= 15 is 0 Å². The molecule has 6 nitrogen and oxygen atoms in total. The molecule has 1 aromatic rings. The van der Waals surface area contributed by atoms with Gasteiger partial charge in [-0.25, -0.2) is 12.8 Å². The molecule has 0 heterocycles. The second kappa shape index (κ2) is 11.4. The molecule has 3 N–H and O–H groups in total. The number of benzene rings is 1. The number of hydrogen-bond donors (Lipinski definition) is 3. The highest BCUT2D eigenvalue weighted by Gasteiger charge is 2.29. The highest BCUT2D eigenvalue weighted by molar-refractivity contribution is 7.89. The van der Waals surface area contributed by atoms with Crippen LogP contribution in [0.2, 0.25) is 0 Å². The minimum Gasteiger partial charge on any atom is -0.353 e. The first-order valence-corrected chi connectivity index (χ1v) is 9.53. The Kier molecular flexibility index (Phi) is 10.8. The van der Waals surface area contributed by atoms with Crippen molar-refractivity contribution >= 4 is 28.3 Å². The first kappa shape index (κ1) is 23.8. The van der Waals surface area contributed by atoms with E-state index < -0.39 is 32.7 Å². The summed E-state index contributed by atoms with van der Waals surface area (Å²) in [5.74, 6) is -1.56. The minimum atomic E-state index is -4.12. The molecule has 1 rings (SSSR count). The molecule has 1 amide bonds. The average Bonchev–Trinajstić information content (AvgIpc) is 2.52. The highest BCUT2D eigenvalue weighted by Crippen LogP contribution is 2.15. The highest BCUT2D eigenvalue weighted by atomic mass is 35.5. The van der Waals surface area contributed by atoms with E-state index in [2.05, 4.69) is 15.4 Å². The summed E-state index contributed by atoms with van der Waals surface area (Å²) in [5, 5.41) is 5.83. The van der Waals surface area contributed by atoms with Crippen LogP contribution in [0.1, 0.15) is 27.2 Å². The maximum Gasteiger partial charge on any atom is 0.244 e. The SMILES string of the molecule is CCCNCCNC(=O)C(NS(=O)(=O)c1ccccc1F)C(C)C.Cl. The summed E-state index contributed by atoms with van der Waals surface area (Å²) in [6, 6.07) is 4.10. The fraction of sp³-hybridized carbons (Fsp3) is 0.562. The molecule has 1 aromatic carbocycles. The van der Waals surface area contributed by atoms with Gasteiger partial charge in [0.2, 0.25) is 15.9 Å². The molecule has 0 saturated carbocycles. The summed E-state index contributed by atoms with van der Waals surface area (Å²) in [4.78, 5) is 11.8. The van der Waals surface area contributed by atoms with Crippen molar-refractivity contribution in [1.29, 1.82) is 0 Å². The van der Waals surface area contributed by atoms with Gasteiger partial charge in [0.1, 0.15) is 16.8 Å². The van der Waals surface area contributed by atoms with E-state index in [4.69, 9.17) is 0 Å². The lowest BCUT2D eigenvalue weighted by Gasteiger charge is -2.22. The van der Waals surface area contributed by atoms with Gasteiger partial charge in [-0.1, -0.05) is 32.9 Å². The van der Waals surface area contributed by atoms with Crippen LogP contribution in [-0.4, -0.2) is 40.0 Å². The van der Waals surface area contributed by atoms with Gasteiger partial charge in [-0.2, -0.15) is 4.72 Å². The van der Waals surface area contributed by atoms with E-state index in [1.807, 2.05) is 6.92 Å². The lowest BCUT2D eigenvalue weighted by atomic mass is 10.1. The predicted octanol–water partition coefficient (Wildman–Crippen LogP) is 1.67. The molecule has 0 aliphatic carbocycles. The van der Waals surface area contributed by atoms with Crippen molar-refractivity contribution in [1.82, 2.24) is 15.4 Å². The first-order chi connectivity index (χ1) is 11.3. The Bertz CT molecular complexity index is 641. The molecule has 25 heavy (non-hydrogen) atoms. The van der Waals surface area contributed by atoms with Crippen LogP contribution >= 0.6 is 12.4 Å². The normalized spacial score (nSPS) is 12.5. The van der Waals surface area contributed by atoms with Gasteiger partial charge in [0, 0.05) is 13.1 Å². The van der Waals surface area contributed by atoms with Gasteiger partial charge in [0.15, 0.2) is 0 Å². The molecular weight excluding hydrogens is 369 g/mol. The van der Waals surface area contributed by atoms with Gasteiger partial charge in [-0.05, 0) is 31.0 Å². The zero-order chi connectivity index (χ0) is 18.2.